The van der Waals surface area contributed by atoms with Gasteiger partial charge in [-0.25, -0.2) is 0 Å². The molecule has 0 atom stereocenters. The molecule has 94 valence electrons. The highest BCUT2D eigenvalue weighted by Crippen LogP contribution is 2.27. The number of carbonyl (C=O) groups is 2. The van der Waals surface area contributed by atoms with Gasteiger partial charge in [-0.1, -0.05) is 24.3 Å². The molecule has 0 heterocycles. The number of methoxy groups -OCH3 is 1. The van der Waals surface area contributed by atoms with Crippen LogP contribution in [0.15, 0.2) is 29.3 Å². The maximum Gasteiger partial charge on any atom is 0.180 e. The second-order valence-electron chi connectivity index (χ2n) is 4.22. The summed E-state index contributed by atoms with van der Waals surface area (Å²) in [5.41, 5.74) is 1.58. The monoisotopic (exact) mass is 245 g/mol. The number of hydrogen-bond donors (Lipinski definition) is 0. The molecule has 1 aliphatic rings. The van der Waals surface area contributed by atoms with Crippen molar-refractivity contribution in [1.29, 1.82) is 0 Å². The Bertz CT molecular complexity index is 485. The van der Waals surface area contributed by atoms with Gasteiger partial charge < -0.3 is 4.74 Å². The zero-order valence-electron chi connectivity index (χ0n) is 10.5. The lowest BCUT2D eigenvalue weighted by molar-refractivity contribution is 0.0883. The molecule has 0 fully saturated rings. The second-order valence-corrected chi connectivity index (χ2v) is 4.22. The molecule has 0 saturated carbocycles. The third-order valence-corrected chi connectivity index (χ3v) is 3.06. The Labute approximate surface area is 106 Å². The molecule has 0 spiro atoms. The number of benzene rings is 1. The number of hydrogen-bond acceptors (Lipinski definition) is 4. The first-order valence-corrected chi connectivity index (χ1v) is 5.84. The lowest BCUT2D eigenvalue weighted by Gasteiger charge is -2.06. The largest absolute Gasteiger partial charge is 0.383 e. The number of nitrogens with zero attached hydrogens (tertiary/aromatic N) is 1. The SMILES string of the molecule is COCCN=C(C)C1C(=O)c2ccccc2C1=O. The molecule has 0 saturated heterocycles. The molecule has 0 bridgehead atoms. The average molecular weight is 245 g/mol. The van der Waals surface area contributed by atoms with Crippen molar-refractivity contribution in [3.63, 3.8) is 0 Å². The zero-order chi connectivity index (χ0) is 13.1. The van der Waals surface area contributed by atoms with E-state index in [4.69, 9.17) is 4.74 Å². The fourth-order valence-electron chi connectivity index (χ4n) is 2.13. The van der Waals surface area contributed by atoms with Crippen LogP contribution in [0.1, 0.15) is 27.6 Å². The number of carbonyl (C=O) groups excluding carboxylic acids is 2. The normalized spacial score (nSPS) is 16.2. The van der Waals surface area contributed by atoms with Crippen molar-refractivity contribution in [3.05, 3.63) is 35.4 Å². The molecule has 0 radical (unpaired) electrons. The standard InChI is InChI=1S/C14H15NO3/c1-9(15-7-8-18-2)12-13(16)10-5-3-4-6-11(10)14(12)17/h3-6,12H,7-8H2,1-2H3. The Kier molecular flexibility index (Phi) is 3.67. The van der Waals surface area contributed by atoms with Crippen LogP contribution >= 0.6 is 0 Å². The summed E-state index contributed by atoms with van der Waals surface area (Å²) in [6, 6.07) is 6.92. The molecule has 1 aromatic carbocycles. The molecule has 0 N–H and O–H groups in total. The molecule has 1 aromatic rings. The Morgan fingerprint density at radius 2 is 1.78 bits per heavy atom. The van der Waals surface area contributed by atoms with Crippen molar-refractivity contribution >= 4 is 17.3 Å². The quantitative estimate of drug-likeness (QED) is 0.461. The van der Waals surface area contributed by atoms with Crippen molar-refractivity contribution in [2.45, 2.75) is 6.92 Å². The van der Waals surface area contributed by atoms with Gasteiger partial charge in [-0.2, -0.15) is 0 Å². The maximum absolute atomic E-state index is 12.1. The first-order chi connectivity index (χ1) is 8.66. The van der Waals surface area contributed by atoms with Crippen LogP contribution in [0.3, 0.4) is 0 Å². The van der Waals surface area contributed by atoms with Gasteiger partial charge in [-0.3, -0.25) is 14.6 Å². The third-order valence-electron chi connectivity index (χ3n) is 3.06. The maximum atomic E-state index is 12.1. The van der Waals surface area contributed by atoms with Crippen molar-refractivity contribution < 1.29 is 14.3 Å². The van der Waals surface area contributed by atoms with Crippen LogP contribution in [0.4, 0.5) is 0 Å². The Morgan fingerprint density at radius 1 is 1.22 bits per heavy atom. The van der Waals surface area contributed by atoms with E-state index < -0.39 is 5.92 Å². The number of rotatable bonds is 4. The van der Waals surface area contributed by atoms with Crippen LogP contribution in [0.5, 0.6) is 0 Å². The number of Topliss-reactive ketones (excluding diaryl/α,β-unsaturated/α-hetero) is 2. The van der Waals surface area contributed by atoms with E-state index in [0.717, 1.165) is 0 Å². The van der Waals surface area contributed by atoms with Gasteiger partial charge in [-0.15, -0.1) is 0 Å². The van der Waals surface area contributed by atoms with E-state index in [9.17, 15) is 9.59 Å². The van der Waals surface area contributed by atoms with Gasteiger partial charge in [0.15, 0.2) is 11.6 Å². The molecular formula is C14H15NO3. The van der Waals surface area contributed by atoms with Crippen LogP contribution in [-0.4, -0.2) is 37.5 Å². The lowest BCUT2D eigenvalue weighted by Crippen LogP contribution is -2.24. The fraction of sp³-hybridized carbons (Fsp3) is 0.357. The Hall–Kier alpha value is -1.81. The smallest absolute Gasteiger partial charge is 0.180 e. The van der Waals surface area contributed by atoms with Crippen molar-refractivity contribution in [1.82, 2.24) is 0 Å². The highest BCUT2D eigenvalue weighted by Gasteiger charge is 2.39. The van der Waals surface area contributed by atoms with Crippen molar-refractivity contribution in [2.24, 2.45) is 10.9 Å². The van der Waals surface area contributed by atoms with Gasteiger partial charge in [0.2, 0.25) is 0 Å². The summed E-state index contributed by atoms with van der Waals surface area (Å²) in [6.45, 7) is 2.68. The first kappa shape index (κ1) is 12.6. The van der Waals surface area contributed by atoms with Crippen LogP contribution in [-0.2, 0) is 4.74 Å². The van der Waals surface area contributed by atoms with Gasteiger partial charge in [0.1, 0.15) is 5.92 Å². The van der Waals surface area contributed by atoms with Gasteiger partial charge in [0.25, 0.3) is 0 Å². The average Bonchev–Trinajstić information content (AvgIpc) is 2.63. The van der Waals surface area contributed by atoms with E-state index in [1.54, 1.807) is 38.3 Å². The molecular weight excluding hydrogens is 230 g/mol. The van der Waals surface area contributed by atoms with E-state index in [2.05, 4.69) is 4.99 Å². The number of ether oxygens (including phenoxy) is 1. The molecule has 0 aromatic heterocycles. The summed E-state index contributed by atoms with van der Waals surface area (Å²) in [6.07, 6.45) is 0. The zero-order valence-corrected chi connectivity index (χ0v) is 10.5. The first-order valence-electron chi connectivity index (χ1n) is 5.84. The summed E-state index contributed by atoms with van der Waals surface area (Å²) < 4.78 is 4.89. The van der Waals surface area contributed by atoms with Crippen molar-refractivity contribution in [3.8, 4) is 0 Å². The van der Waals surface area contributed by atoms with Crippen molar-refractivity contribution in [2.75, 3.05) is 20.3 Å². The minimum absolute atomic E-state index is 0.144. The minimum atomic E-state index is -0.737. The van der Waals surface area contributed by atoms with Crippen LogP contribution in [0, 0.1) is 5.92 Å². The van der Waals surface area contributed by atoms with Gasteiger partial charge in [0.05, 0.1) is 13.2 Å². The molecule has 0 aliphatic heterocycles. The van der Waals surface area contributed by atoms with E-state index in [1.165, 1.54) is 0 Å². The molecule has 2 rings (SSSR count). The van der Waals surface area contributed by atoms with Crippen LogP contribution in [0.25, 0.3) is 0 Å². The van der Waals surface area contributed by atoms with Crippen LogP contribution < -0.4 is 0 Å². The number of ketones is 2. The predicted octanol–water partition coefficient (Wildman–Crippen LogP) is 1.79. The summed E-state index contributed by atoms with van der Waals surface area (Å²) >= 11 is 0. The molecule has 4 nitrogen and oxygen atoms in total. The molecule has 0 amide bonds. The number of fused-ring (bicyclic) bond motifs is 1. The minimum Gasteiger partial charge on any atom is -0.383 e. The second kappa shape index (κ2) is 5.23. The number of aliphatic imine (C=N–C) groups is 1. The Balaban J connectivity index is 2.26. The highest BCUT2D eigenvalue weighted by molar-refractivity contribution is 6.36. The summed E-state index contributed by atoms with van der Waals surface area (Å²) in [4.78, 5) is 28.5. The van der Waals surface area contributed by atoms with Gasteiger partial charge in [-0.05, 0) is 6.92 Å². The molecule has 0 unspecified atom stereocenters. The third kappa shape index (κ3) is 2.11. The predicted molar refractivity (Wildman–Crippen MR) is 68.4 cm³/mol. The molecule has 18 heavy (non-hydrogen) atoms. The Morgan fingerprint density at radius 3 is 2.28 bits per heavy atom. The van der Waals surface area contributed by atoms with Gasteiger partial charge in [0, 0.05) is 23.9 Å². The lowest BCUT2D eigenvalue weighted by atomic mass is 9.99. The summed E-state index contributed by atoms with van der Waals surface area (Å²) in [5, 5.41) is 0. The van der Waals surface area contributed by atoms with E-state index >= 15 is 0 Å². The van der Waals surface area contributed by atoms with Gasteiger partial charge >= 0.3 is 0 Å². The summed E-state index contributed by atoms with van der Waals surface area (Å²) in [7, 11) is 1.59. The topological polar surface area (TPSA) is 55.7 Å². The fourth-order valence-corrected chi connectivity index (χ4v) is 2.13. The summed E-state index contributed by atoms with van der Waals surface area (Å²) in [5.74, 6) is -1.03. The molecule has 4 heteroatoms. The van der Waals surface area contributed by atoms with E-state index in [-0.39, 0.29) is 11.6 Å². The molecule has 1 aliphatic carbocycles. The highest BCUT2D eigenvalue weighted by atomic mass is 16.5. The van der Waals surface area contributed by atoms with Crippen LogP contribution in [0.2, 0.25) is 0 Å². The van der Waals surface area contributed by atoms with E-state index in [0.29, 0.717) is 30.0 Å². The van der Waals surface area contributed by atoms with E-state index in [1.807, 2.05) is 0 Å².